The van der Waals surface area contributed by atoms with Crippen LogP contribution < -0.4 is 15.6 Å². The highest BCUT2D eigenvalue weighted by Gasteiger charge is 2.12. The maximum atomic E-state index is 12.3. The molecule has 0 aliphatic heterocycles. The minimum absolute atomic E-state index is 0.253. The molecule has 28 heavy (non-hydrogen) atoms. The number of carbonyl (C=O) groups excluding carboxylic acids is 2. The molecule has 7 heteroatoms. The first-order chi connectivity index (χ1) is 13.5. The van der Waals surface area contributed by atoms with E-state index in [-0.39, 0.29) is 18.2 Å². The van der Waals surface area contributed by atoms with E-state index in [9.17, 15) is 9.59 Å². The number of methoxy groups -OCH3 is 1. The average Bonchev–Trinajstić information content (AvgIpc) is 3.04. The van der Waals surface area contributed by atoms with Crippen LogP contribution in [0, 0.1) is 6.92 Å². The molecule has 0 bridgehead atoms. The molecule has 0 fully saturated rings. The maximum absolute atomic E-state index is 12.3. The van der Waals surface area contributed by atoms with Gasteiger partial charge in [0.05, 0.1) is 18.1 Å². The van der Waals surface area contributed by atoms with E-state index in [1.807, 2.05) is 37.3 Å². The number of ether oxygens (including phenoxy) is 1. The van der Waals surface area contributed by atoms with Crippen LogP contribution in [0.3, 0.4) is 0 Å². The van der Waals surface area contributed by atoms with Gasteiger partial charge in [0, 0.05) is 18.5 Å². The van der Waals surface area contributed by atoms with Crippen LogP contribution in [0.1, 0.15) is 35.1 Å². The van der Waals surface area contributed by atoms with Crippen LogP contribution in [0.5, 0.6) is 5.75 Å². The van der Waals surface area contributed by atoms with Gasteiger partial charge in [0.2, 0.25) is 5.91 Å². The van der Waals surface area contributed by atoms with Crippen molar-refractivity contribution < 1.29 is 14.3 Å². The second-order valence-electron chi connectivity index (χ2n) is 6.46. The zero-order valence-corrected chi connectivity index (χ0v) is 16.3. The largest absolute Gasteiger partial charge is 0.497 e. The summed E-state index contributed by atoms with van der Waals surface area (Å²) in [6.45, 7) is 4.81. The molecule has 2 amide bonds. The van der Waals surface area contributed by atoms with Gasteiger partial charge in [-0.25, -0.2) is 4.98 Å². The molecule has 1 aromatic heterocycles. The predicted molar refractivity (Wildman–Crippen MR) is 107 cm³/mol. The van der Waals surface area contributed by atoms with Crippen molar-refractivity contribution in [1.82, 2.24) is 20.4 Å². The first-order valence-electron chi connectivity index (χ1n) is 9.20. The SMILES string of the molecule is CCn1c(C)nc2cc(C(=O)NNC(=O)CCc3ccc(OC)cc3)ccc21. The fourth-order valence-corrected chi connectivity index (χ4v) is 3.10. The number of nitrogens with zero attached hydrogens (tertiary/aromatic N) is 2. The summed E-state index contributed by atoms with van der Waals surface area (Å²) in [7, 11) is 1.61. The van der Waals surface area contributed by atoms with Gasteiger partial charge in [-0.1, -0.05) is 12.1 Å². The maximum Gasteiger partial charge on any atom is 0.269 e. The molecule has 0 radical (unpaired) electrons. The molecule has 3 aromatic rings. The monoisotopic (exact) mass is 380 g/mol. The van der Waals surface area contributed by atoms with E-state index in [2.05, 4.69) is 27.3 Å². The standard InChI is InChI=1S/C21H24N4O3/c1-4-25-14(2)22-18-13-16(8-11-19(18)25)21(27)24-23-20(26)12-7-15-5-9-17(28-3)10-6-15/h5-6,8-11,13H,4,7,12H2,1-3H3,(H,23,26)(H,24,27). The first-order valence-corrected chi connectivity index (χ1v) is 9.20. The molecule has 0 unspecified atom stereocenters. The van der Waals surface area contributed by atoms with Gasteiger partial charge in [0.15, 0.2) is 0 Å². The second-order valence-corrected chi connectivity index (χ2v) is 6.46. The minimum Gasteiger partial charge on any atom is -0.497 e. The third kappa shape index (κ3) is 4.31. The molecule has 1 heterocycles. The molecule has 0 aliphatic rings. The lowest BCUT2D eigenvalue weighted by Gasteiger charge is -2.08. The lowest BCUT2D eigenvalue weighted by atomic mass is 10.1. The lowest BCUT2D eigenvalue weighted by Crippen LogP contribution is -2.41. The van der Waals surface area contributed by atoms with Gasteiger partial charge in [-0.2, -0.15) is 0 Å². The highest BCUT2D eigenvalue weighted by atomic mass is 16.5. The van der Waals surface area contributed by atoms with Gasteiger partial charge in [0.1, 0.15) is 11.6 Å². The number of nitrogens with one attached hydrogen (secondary N) is 2. The molecule has 146 valence electrons. The number of carbonyl (C=O) groups is 2. The fraction of sp³-hybridized carbons (Fsp3) is 0.286. The van der Waals surface area contributed by atoms with Gasteiger partial charge in [-0.05, 0) is 56.2 Å². The summed E-state index contributed by atoms with van der Waals surface area (Å²) in [6.07, 6.45) is 0.844. The van der Waals surface area contributed by atoms with Gasteiger partial charge < -0.3 is 9.30 Å². The Kier molecular flexibility index (Phi) is 5.93. The summed E-state index contributed by atoms with van der Waals surface area (Å²) in [6, 6.07) is 12.9. The van der Waals surface area contributed by atoms with Crippen LogP contribution in [-0.4, -0.2) is 28.5 Å². The number of aryl methyl sites for hydroxylation is 3. The summed E-state index contributed by atoms with van der Waals surface area (Å²) in [5.41, 5.74) is 8.14. The quantitative estimate of drug-likeness (QED) is 0.644. The Morgan fingerprint density at radius 3 is 2.54 bits per heavy atom. The number of imidazole rings is 1. The molecule has 0 saturated heterocycles. The number of aromatic nitrogens is 2. The molecule has 3 rings (SSSR count). The number of hydrogen-bond acceptors (Lipinski definition) is 4. The van der Waals surface area contributed by atoms with Crippen LogP contribution in [0.2, 0.25) is 0 Å². The summed E-state index contributed by atoms with van der Waals surface area (Å²) >= 11 is 0. The lowest BCUT2D eigenvalue weighted by molar-refractivity contribution is -0.121. The normalized spacial score (nSPS) is 10.7. The van der Waals surface area contributed by atoms with Crippen LogP contribution >= 0.6 is 0 Å². The summed E-state index contributed by atoms with van der Waals surface area (Å²) in [5, 5.41) is 0. The number of rotatable bonds is 6. The van der Waals surface area contributed by atoms with Crippen molar-refractivity contribution in [2.75, 3.05) is 7.11 Å². The highest BCUT2D eigenvalue weighted by Crippen LogP contribution is 2.17. The van der Waals surface area contributed by atoms with Gasteiger partial charge in [0.25, 0.3) is 5.91 Å². The van der Waals surface area contributed by atoms with Crippen LogP contribution in [0.15, 0.2) is 42.5 Å². The highest BCUT2D eigenvalue weighted by molar-refractivity contribution is 5.98. The molecule has 2 N–H and O–H groups in total. The Hall–Kier alpha value is -3.35. The number of hydrazine groups is 1. The van der Waals surface area contributed by atoms with Crippen molar-refractivity contribution in [3.8, 4) is 5.75 Å². The van der Waals surface area contributed by atoms with E-state index >= 15 is 0 Å². The summed E-state index contributed by atoms with van der Waals surface area (Å²) in [5.74, 6) is 1.05. The van der Waals surface area contributed by atoms with Crippen molar-refractivity contribution in [3.05, 3.63) is 59.4 Å². The van der Waals surface area contributed by atoms with Crippen molar-refractivity contribution in [3.63, 3.8) is 0 Å². The van der Waals surface area contributed by atoms with E-state index in [1.165, 1.54) is 0 Å². The molecular weight excluding hydrogens is 356 g/mol. The van der Waals surface area contributed by atoms with Crippen LogP contribution in [-0.2, 0) is 17.8 Å². The number of hydrogen-bond donors (Lipinski definition) is 2. The molecule has 0 atom stereocenters. The smallest absolute Gasteiger partial charge is 0.269 e. The average molecular weight is 380 g/mol. The molecule has 0 spiro atoms. The zero-order valence-electron chi connectivity index (χ0n) is 16.3. The van der Waals surface area contributed by atoms with E-state index in [4.69, 9.17) is 4.74 Å². The summed E-state index contributed by atoms with van der Waals surface area (Å²) < 4.78 is 7.19. The molecule has 0 saturated carbocycles. The van der Waals surface area contributed by atoms with Crippen LogP contribution in [0.4, 0.5) is 0 Å². The molecule has 2 aromatic carbocycles. The Bertz CT molecular complexity index is 993. The third-order valence-corrected chi connectivity index (χ3v) is 4.63. The Balaban J connectivity index is 1.54. The molecule has 7 nitrogen and oxygen atoms in total. The zero-order chi connectivity index (χ0) is 20.1. The molecular formula is C21H24N4O3. The number of fused-ring (bicyclic) bond motifs is 1. The van der Waals surface area contributed by atoms with E-state index in [0.717, 1.165) is 34.7 Å². The topological polar surface area (TPSA) is 85.3 Å². The second kappa shape index (κ2) is 8.56. The summed E-state index contributed by atoms with van der Waals surface area (Å²) in [4.78, 5) is 28.8. The fourth-order valence-electron chi connectivity index (χ4n) is 3.10. The van der Waals surface area contributed by atoms with Gasteiger partial charge >= 0.3 is 0 Å². The predicted octanol–water partition coefficient (Wildman–Crippen LogP) is 2.77. The minimum atomic E-state index is -0.372. The number of amides is 2. The van der Waals surface area contributed by atoms with Gasteiger partial charge in [-0.3, -0.25) is 20.4 Å². The van der Waals surface area contributed by atoms with Gasteiger partial charge in [-0.15, -0.1) is 0 Å². The van der Waals surface area contributed by atoms with Crippen molar-refractivity contribution in [2.45, 2.75) is 33.2 Å². The third-order valence-electron chi connectivity index (χ3n) is 4.63. The van der Waals surface area contributed by atoms with Crippen LogP contribution in [0.25, 0.3) is 11.0 Å². The first kappa shape index (κ1) is 19.4. The van der Waals surface area contributed by atoms with E-state index in [0.29, 0.717) is 12.0 Å². The Labute approximate surface area is 163 Å². The molecule has 0 aliphatic carbocycles. The van der Waals surface area contributed by atoms with E-state index < -0.39 is 0 Å². The Morgan fingerprint density at radius 2 is 1.86 bits per heavy atom. The van der Waals surface area contributed by atoms with Crippen molar-refractivity contribution >= 4 is 22.8 Å². The Morgan fingerprint density at radius 1 is 1.11 bits per heavy atom. The van der Waals surface area contributed by atoms with Crippen molar-refractivity contribution in [1.29, 1.82) is 0 Å². The number of benzene rings is 2. The van der Waals surface area contributed by atoms with Crippen molar-refractivity contribution in [2.24, 2.45) is 0 Å². The van der Waals surface area contributed by atoms with E-state index in [1.54, 1.807) is 19.2 Å².